The third kappa shape index (κ3) is 2.96. The van der Waals surface area contributed by atoms with Crippen LogP contribution in [0.3, 0.4) is 0 Å². The molecule has 0 N–H and O–H groups in total. The van der Waals surface area contributed by atoms with Gasteiger partial charge < -0.3 is 14.1 Å². The van der Waals surface area contributed by atoms with Crippen molar-refractivity contribution in [2.24, 2.45) is 0 Å². The Morgan fingerprint density at radius 3 is 2.84 bits per heavy atom. The number of ether oxygens (including phenoxy) is 1. The molecule has 3 heterocycles. The van der Waals surface area contributed by atoms with Crippen LogP contribution in [0.25, 0.3) is 11.0 Å². The van der Waals surface area contributed by atoms with Gasteiger partial charge in [-0.05, 0) is 19.1 Å². The lowest BCUT2D eigenvalue weighted by Gasteiger charge is -2.35. The largest absolute Gasteiger partial charge is 0.423 e. The minimum atomic E-state index is -0.435. The summed E-state index contributed by atoms with van der Waals surface area (Å²) in [4.78, 5) is 23.4. The standard InChI is InChI=1S/C17H17N5O3/c1-10-8-22(9-14(24-10)16-21-20-11(2)25-16)17(23)12-4-3-5-13-15(12)19-7-6-18-13/h3-7,10,14H,8-9H2,1-2H3/t10-,14-/m1/s1. The van der Waals surface area contributed by atoms with Crippen LogP contribution in [0.1, 0.15) is 35.2 Å². The Hall–Kier alpha value is -2.87. The number of fused-ring (bicyclic) bond motifs is 1. The van der Waals surface area contributed by atoms with Crippen LogP contribution in [0.5, 0.6) is 0 Å². The van der Waals surface area contributed by atoms with Gasteiger partial charge in [0.05, 0.1) is 23.7 Å². The van der Waals surface area contributed by atoms with E-state index in [1.54, 1.807) is 30.3 Å². The van der Waals surface area contributed by atoms with E-state index >= 15 is 0 Å². The van der Waals surface area contributed by atoms with Crippen molar-refractivity contribution in [1.29, 1.82) is 0 Å². The summed E-state index contributed by atoms with van der Waals surface area (Å²) in [6.45, 7) is 4.47. The summed E-state index contributed by atoms with van der Waals surface area (Å²) in [6, 6.07) is 5.42. The molecule has 0 aliphatic carbocycles. The summed E-state index contributed by atoms with van der Waals surface area (Å²) in [7, 11) is 0. The fraction of sp³-hybridized carbons (Fsp3) is 0.353. The Morgan fingerprint density at radius 1 is 1.20 bits per heavy atom. The van der Waals surface area contributed by atoms with E-state index < -0.39 is 6.10 Å². The zero-order valence-corrected chi connectivity index (χ0v) is 13.9. The lowest BCUT2D eigenvalue weighted by atomic mass is 10.1. The summed E-state index contributed by atoms with van der Waals surface area (Å²) in [5.41, 5.74) is 1.82. The van der Waals surface area contributed by atoms with Crippen molar-refractivity contribution in [3.8, 4) is 0 Å². The van der Waals surface area contributed by atoms with E-state index in [1.165, 1.54) is 0 Å². The molecule has 0 spiro atoms. The molecule has 2 atom stereocenters. The van der Waals surface area contributed by atoms with Gasteiger partial charge in [0.25, 0.3) is 5.91 Å². The van der Waals surface area contributed by atoms with Crippen LogP contribution in [-0.4, -0.2) is 50.2 Å². The third-order valence-electron chi connectivity index (χ3n) is 4.09. The second-order valence-corrected chi connectivity index (χ2v) is 6.03. The highest BCUT2D eigenvalue weighted by molar-refractivity contribution is 6.04. The summed E-state index contributed by atoms with van der Waals surface area (Å²) in [5, 5.41) is 7.86. The maximum absolute atomic E-state index is 13.1. The van der Waals surface area contributed by atoms with Crippen LogP contribution in [0.4, 0.5) is 0 Å². The van der Waals surface area contributed by atoms with Gasteiger partial charge in [0.2, 0.25) is 11.8 Å². The topological polar surface area (TPSA) is 94.2 Å². The predicted octanol–water partition coefficient (Wildman–Crippen LogP) is 1.92. The number of morpholine rings is 1. The zero-order chi connectivity index (χ0) is 17.4. The van der Waals surface area contributed by atoms with E-state index in [4.69, 9.17) is 9.15 Å². The highest BCUT2D eigenvalue weighted by atomic mass is 16.5. The van der Waals surface area contributed by atoms with E-state index in [0.717, 1.165) is 0 Å². The molecular formula is C17H17N5O3. The van der Waals surface area contributed by atoms with Gasteiger partial charge in [0.15, 0.2) is 6.10 Å². The Balaban J connectivity index is 1.64. The number of hydrogen-bond acceptors (Lipinski definition) is 7. The van der Waals surface area contributed by atoms with Crippen LogP contribution in [0.2, 0.25) is 0 Å². The monoisotopic (exact) mass is 339 g/mol. The molecule has 1 aliphatic heterocycles. The molecule has 0 saturated carbocycles. The molecule has 1 aliphatic rings. The average Bonchev–Trinajstić information content (AvgIpc) is 3.06. The van der Waals surface area contributed by atoms with Gasteiger partial charge in [-0.3, -0.25) is 14.8 Å². The van der Waals surface area contributed by atoms with Gasteiger partial charge in [0.1, 0.15) is 5.52 Å². The number of aryl methyl sites for hydroxylation is 1. The third-order valence-corrected chi connectivity index (χ3v) is 4.09. The van der Waals surface area contributed by atoms with Gasteiger partial charge >= 0.3 is 0 Å². The van der Waals surface area contributed by atoms with E-state index in [2.05, 4.69) is 20.2 Å². The number of rotatable bonds is 2. The molecule has 3 aromatic rings. The molecule has 1 aromatic carbocycles. The average molecular weight is 339 g/mol. The molecule has 0 unspecified atom stereocenters. The Labute approximate surface area is 143 Å². The van der Waals surface area contributed by atoms with Gasteiger partial charge in [-0.15, -0.1) is 10.2 Å². The first-order valence-electron chi connectivity index (χ1n) is 8.06. The molecule has 0 radical (unpaired) electrons. The number of para-hydroxylation sites is 1. The van der Waals surface area contributed by atoms with Crippen molar-refractivity contribution in [2.45, 2.75) is 26.1 Å². The zero-order valence-electron chi connectivity index (χ0n) is 13.9. The first kappa shape index (κ1) is 15.6. The molecular weight excluding hydrogens is 322 g/mol. The van der Waals surface area contributed by atoms with Gasteiger partial charge in [0, 0.05) is 25.9 Å². The van der Waals surface area contributed by atoms with Crippen molar-refractivity contribution in [3.63, 3.8) is 0 Å². The Morgan fingerprint density at radius 2 is 2.04 bits per heavy atom. The van der Waals surface area contributed by atoms with Gasteiger partial charge in [-0.1, -0.05) is 6.07 Å². The quantitative estimate of drug-likeness (QED) is 0.704. The van der Waals surface area contributed by atoms with Crippen LogP contribution in [0.15, 0.2) is 35.0 Å². The molecule has 25 heavy (non-hydrogen) atoms. The fourth-order valence-corrected chi connectivity index (χ4v) is 3.03. The molecule has 8 nitrogen and oxygen atoms in total. The number of hydrogen-bond donors (Lipinski definition) is 0. The molecule has 8 heteroatoms. The highest BCUT2D eigenvalue weighted by Gasteiger charge is 2.33. The highest BCUT2D eigenvalue weighted by Crippen LogP contribution is 2.26. The second kappa shape index (κ2) is 6.21. The maximum atomic E-state index is 13.1. The number of carbonyl (C=O) groups excluding carboxylic acids is 1. The second-order valence-electron chi connectivity index (χ2n) is 6.03. The SMILES string of the molecule is Cc1nnc([C@H]2CN(C(=O)c3cccc4nccnc34)C[C@@H](C)O2)o1. The molecule has 2 aromatic heterocycles. The van der Waals surface area contributed by atoms with Gasteiger partial charge in [-0.2, -0.15) is 0 Å². The van der Waals surface area contributed by atoms with Crippen molar-refractivity contribution in [2.75, 3.05) is 13.1 Å². The fourth-order valence-electron chi connectivity index (χ4n) is 3.03. The number of benzene rings is 1. The van der Waals surface area contributed by atoms with Crippen molar-refractivity contribution in [1.82, 2.24) is 25.1 Å². The molecule has 128 valence electrons. The Bertz CT molecular complexity index is 920. The molecule has 1 saturated heterocycles. The summed E-state index contributed by atoms with van der Waals surface area (Å²) < 4.78 is 11.3. The minimum absolute atomic E-state index is 0.109. The lowest BCUT2D eigenvalue weighted by Crippen LogP contribution is -2.46. The summed E-state index contributed by atoms with van der Waals surface area (Å²) in [6.07, 6.45) is 2.62. The normalized spacial score (nSPS) is 20.8. The number of aromatic nitrogens is 4. The number of amides is 1. The van der Waals surface area contributed by atoms with E-state index in [0.29, 0.717) is 41.5 Å². The van der Waals surface area contributed by atoms with Crippen molar-refractivity contribution in [3.05, 3.63) is 47.9 Å². The van der Waals surface area contributed by atoms with Crippen LogP contribution in [-0.2, 0) is 4.74 Å². The maximum Gasteiger partial charge on any atom is 0.256 e. The van der Waals surface area contributed by atoms with E-state index in [9.17, 15) is 4.79 Å². The summed E-state index contributed by atoms with van der Waals surface area (Å²) >= 11 is 0. The number of carbonyl (C=O) groups is 1. The smallest absolute Gasteiger partial charge is 0.256 e. The van der Waals surface area contributed by atoms with Crippen molar-refractivity contribution < 1.29 is 13.9 Å². The lowest BCUT2D eigenvalue weighted by molar-refractivity contribution is -0.0796. The molecule has 1 fully saturated rings. The molecule has 0 bridgehead atoms. The van der Waals surface area contributed by atoms with Gasteiger partial charge in [-0.25, -0.2) is 0 Å². The van der Waals surface area contributed by atoms with Crippen LogP contribution in [0, 0.1) is 6.92 Å². The van der Waals surface area contributed by atoms with E-state index in [-0.39, 0.29) is 12.0 Å². The molecule has 1 amide bonds. The predicted molar refractivity (Wildman–Crippen MR) is 87.8 cm³/mol. The Kier molecular flexibility index (Phi) is 3.89. The molecule has 4 rings (SSSR count). The first-order valence-corrected chi connectivity index (χ1v) is 8.06. The van der Waals surface area contributed by atoms with Crippen LogP contribution < -0.4 is 0 Å². The summed E-state index contributed by atoms with van der Waals surface area (Å²) in [5.74, 6) is 0.751. The first-order chi connectivity index (χ1) is 12.1. The van der Waals surface area contributed by atoms with Crippen LogP contribution >= 0.6 is 0 Å². The number of nitrogens with zero attached hydrogens (tertiary/aromatic N) is 5. The minimum Gasteiger partial charge on any atom is -0.423 e. The van der Waals surface area contributed by atoms with E-state index in [1.807, 2.05) is 19.1 Å². The van der Waals surface area contributed by atoms with Crippen molar-refractivity contribution >= 4 is 16.9 Å².